The second kappa shape index (κ2) is 7.51. The van der Waals surface area contributed by atoms with E-state index in [1.165, 1.54) is 3.97 Å². The van der Waals surface area contributed by atoms with Crippen LogP contribution < -0.4 is 5.73 Å². The topological polar surface area (TPSA) is 88.9 Å². The first-order chi connectivity index (χ1) is 15.9. The van der Waals surface area contributed by atoms with Crippen LogP contribution in [-0.2, 0) is 10.0 Å². The number of nitrogens with two attached hydrogens (primary N) is 1. The summed E-state index contributed by atoms with van der Waals surface area (Å²) >= 11 is 0. The molecule has 4 aromatic carbocycles. The molecule has 0 aliphatic rings. The highest BCUT2D eigenvalue weighted by atomic mass is 32.2. The van der Waals surface area contributed by atoms with Gasteiger partial charge in [-0.2, -0.15) is 5.26 Å². The molecule has 5 aromatic rings. The molecule has 0 bridgehead atoms. The molecule has 0 amide bonds. The van der Waals surface area contributed by atoms with Crippen molar-refractivity contribution in [2.24, 2.45) is 0 Å². The van der Waals surface area contributed by atoms with Crippen molar-refractivity contribution in [3.63, 3.8) is 0 Å². The van der Waals surface area contributed by atoms with Crippen LogP contribution in [0.5, 0.6) is 0 Å². The fraction of sp³-hybridized carbons (Fsp3) is 0.0741. The van der Waals surface area contributed by atoms with E-state index in [2.05, 4.69) is 6.07 Å². The van der Waals surface area contributed by atoms with E-state index in [0.717, 1.165) is 11.1 Å². The van der Waals surface area contributed by atoms with Gasteiger partial charge < -0.3 is 5.73 Å². The van der Waals surface area contributed by atoms with Gasteiger partial charge in [0.1, 0.15) is 6.07 Å². The lowest BCUT2D eigenvalue weighted by Gasteiger charge is -2.16. The average molecular weight is 452 g/mol. The summed E-state index contributed by atoms with van der Waals surface area (Å²) < 4.78 is 29.3. The molecule has 0 atom stereocenters. The van der Waals surface area contributed by atoms with Gasteiger partial charge in [0.25, 0.3) is 10.0 Å². The number of nitrogen functional groups attached to an aromatic ring is 1. The molecule has 0 fully saturated rings. The van der Waals surface area contributed by atoms with Gasteiger partial charge in [0.05, 0.1) is 27.2 Å². The van der Waals surface area contributed by atoms with Gasteiger partial charge >= 0.3 is 0 Å². The SMILES string of the molecule is Cc1ccc(S(=O)(=O)n2c3ccccc3c3c(N)c(C#N)c(-c4ccccc4)c(C)c32)cc1. The number of nitriles is 1. The lowest BCUT2D eigenvalue weighted by molar-refractivity contribution is 0.590. The van der Waals surface area contributed by atoms with Crippen LogP contribution in [0, 0.1) is 25.2 Å². The fourth-order valence-corrected chi connectivity index (χ4v) is 6.11. The Labute approximate surface area is 192 Å². The number of nitrogens with zero attached hydrogens (tertiary/aromatic N) is 2. The number of hydrogen-bond donors (Lipinski definition) is 1. The summed E-state index contributed by atoms with van der Waals surface area (Å²) in [5.41, 5.74) is 11.4. The molecule has 0 radical (unpaired) electrons. The molecule has 1 heterocycles. The second-order valence-electron chi connectivity index (χ2n) is 8.09. The Bertz CT molecular complexity index is 1690. The molecule has 1 aromatic heterocycles. The van der Waals surface area contributed by atoms with Crippen molar-refractivity contribution < 1.29 is 8.42 Å². The van der Waals surface area contributed by atoms with Crippen molar-refractivity contribution in [2.75, 3.05) is 5.73 Å². The number of anilines is 1. The number of aromatic nitrogens is 1. The molecule has 0 aliphatic heterocycles. The molecule has 0 unspecified atom stereocenters. The summed E-state index contributed by atoms with van der Waals surface area (Å²) in [7, 11) is -3.95. The molecule has 6 heteroatoms. The van der Waals surface area contributed by atoms with E-state index in [9.17, 15) is 13.7 Å². The van der Waals surface area contributed by atoms with Crippen LogP contribution in [0.2, 0.25) is 0 Å². The third kappa shape index (κ3) is 3.01. The van der Waals surface area contributed by atoms with Gasteiger partial charge in [-0.05, 0) is 43.2 Å². The van der Waals surface area contributed by atoms with E-state index in [1.54, 1.807) is 36.4 Å². The summed E-state index contributed by atoms with van der Waals surface area (Å²) in [6.07, 6.45) is 0. The first-order valence-corrected chi connectivity index (χ1v) is 11.9. The van der Waals surface area contributed by atoms with Crippen molar-refractivity contribution >= 4 is 37.5 Å². The molecular weight excluding hydrogens is 430 g/mol. The summed E-state index contributed by atoms with van der Waals surface area (Å²) in [4.78, 5) is 0.194. The van der Waals surface area contributed by atoms with Crippen LogP contribution in [0.1, 0.15) is 16.7 Å². The molecule has 162 valence electrons. The Kier molecular flexibility index (Phi) is 4.73. The number of aryl methyl sites for hydroxylation is 2. The predicted molar refractivity (Wildman–Crippen MR) is 133 cm³/mol. The van der Waals surface area contributed by atoms with Gasteiger partial charge in [-0.25, -0.2) is 12.4 Å². The first-order valence-electron chi connectivity index (χ1n) is 10.5. The molecule has 0 aliphatic carbocycles. The van der Waals surface area contributed by atoms with Crippen molar-refractivity contribution in [2.45, 2.75) is 18.7 Å². The molecule has 2 N–H and O–H groups in total. The van der Waals surface area contributed by atoms with Gasteiger partial charge in [0.2, 0.25) is 0 Å². The number of rotatable bonds is 3. The van der Waals surface area contributed by atoms with E-state index in [0.29, 0.717) is 38.5 Å². The van der Waals surface area contributed by atoms with Gasteiger partial charge in [0.15, 0.2) is 0 Å². The van der Waals surface area contributed by atoms with Gasteiger partial charge in [-0.1, -0.05) is 66.2 Å². The minimum atomic E-state index is -3.95. The van der Waals surface area contributed by atoms with Crippen molar-refractivity contribution in [3.05, 3.63) is 95.6 Å². The Morgan fingerprint density at radius 1 is 0.879 bits per heavy atom. The largest absolute Gasteiger partial charge is 0.397 e. The highest BCUT2D eigenvalue weighted by Crippen LogP contribution is 2.44. The minimum Gasteiger partial charge on any atom is -0.397 e. The fourth-order valence-electron chi connectivity index (χ4n) is 4.54. The van der Waals surface area contributed by atoms with Crippen LogP contribution in [-0.4, -0.2) is 12.4 Å². The van der Waals surface area contributed by atoms with Crippen molar-refractivity contribution in [1.82, 2.24) is 3.97 Å². The zero-order chi connectivity index (χ0) is 23.3. The van der Waals surface area contributed by atoms with Gasteiger partial charge in [-0.3, -0.25) is 0 Å². The molecule has 0 saturated heterocycles. The predicted octanol–water partition coefficient (Wildman–Crippen LogP) is 5.77. The maximum Gasteiger partial charge on any atom is 0.268 e. The number of benzene rings is 4. The highest BCUT2D eigenvalue weighted by Gasteiger charge is 2.28. The average Bonchev–Trinajstić information content (AvgIpc) is 3.19. The van der Waals surface area contributed by atoms with E-state index in [-0.39, 0.29) is 10.6 Å². The summed E-state index contributed by atoms with van der Waals surface area (Å²) in [5.74, 6) is 0. The summed E-state index contributed by atoms with van der Waals surface area (Å²) in [5, 5.41) is 11.3. The van der Waals surface area contributed by atoms with Crippen LogP contribution in [0.25, 0.3) is 32.9 Å². The third-order valence-corrected chi connectivity index (χ3v) is 7.81. The van der Waals surface area contributed by atoms with Crippen molar-refractivity contribution in [1.29, 1.82) is 5.26 Å². The molecular formula is C27H21N3O2S. The smallest absolute Gasteiger partial charge is 0.268 e. The van der Waals surface area contributed by atoms with E-state index < -0.39 is 10.0 Å². The lowest BCUT2D eigenvalue weighted by Crippen LogP contribution is -2.14. The minimum absolute atomic E-state index is 0.194. The van der Waals surface area contributed by atoms with Crippen LogP contribution in [0.4, 0.5) is 5.69 Å². The van der Waals surface area contributed by atoms with Crippen molar-refractivity contribution in [3.8, 4) is 17.2 Å². The molecule has 0 spiro atoms. The zero-order valence-corrected chi connectivity index (χ0v) is 19.0. The number of para-hydroxylation sites is 1. The zero-order valence-electron chi connectivity index (χ0n) is 18.2. The first kappa shape index (κ1) is 20.8. The number of fused-ring (bicyclic) bond motifs is 3. The van der Waals surface area contributed by atoms with E-state index in [1.807, 2.05) is 56.3 Å². The Morgan fingerprint density at radius 3 is 2.18 bits per heavy atom. The Balaban J connectivity index is 2.02. The lowest BCUT2D eigenvalue weighted by atomic mass is 9.91. The molecule has 0 saturated carbocycles. The normalized spacial score (nSPS) is 11.7. The summed E-state index contributed by atoms with van der Waals surface area (Å²) in [6.45, 7) is 3.77. The van der Waals surface area contributed by atoms with E-state index >= 15 is 0 Å². The Morgan fingerprint density at radius 2 is 1.52 bits per heavy atom. The van der Waals surface area contributed by atoms with Gasteiger partial charge in [0, 0.05) is 16.3 Å². The molecule has 5 rings (SSSR count). The Hall–Kier alpha value is -4.08. The maximum absolute atomic E-state index is 14.0. The highest BCUT2D eigenvalue weighted by molar-refractivity contribution is 7.90. The third-order valence-electron chi connectivity index (χ3n) is 6.08. The molecule has 33 heavy (non-hydrogen) atoms. The summed E-state index contributed by atoms with van der Waals surface area (Å²) in [6, 6.07) is 25.8. The second-order valence-corrected chi connectivity index (χ2v) is 9.88. The van der Waals surface area contributed by atoms with Crippen LogP contribution >= 0.6 is 0 Å². The van der Waals surface area contributed by atoms with Crippen LogP contribution in [0.3, 0.4) is 0 Å². The van der Waals surface area contributed by atoms with Gasteiger partial charge in [-0.15, -0.1) is 0 Å². The van der Waals surface area contributed by atoms with E-state index in [4.69, 9.17) is 5.73 Å². The number of hydrogen-bond acceptors (Lipinski definition) is 4. The maximum atomic E-state index is 14.0. The van der Waals surface area contributed by atoms with Crippen LogP contribution in [0.15, 0.2) is 83.8 Å². The quantitative estimate of drug-likeness (QED) is 0.353. The molecule has 5 nitrogen and oxygen atoms in total. The standard InChI is InChI=1S/C27H21N3O2S/c1-17-12-14-20(15-13-17)33(31,32)30-23-11-7-6-10-21(23)25-26(29)22(16-28)24(18(2)27(25)30)19-8-4-3-5-9-19/h3-15H,29H2,1-2H3. The monoisotopic (exact) mass is 451 g/mol.